The van der Waals surface area contributed by atoms with E-state index in [1.807, 2.05) is 9.80 Å². The van der Waals surface area contributed by atoms with Crippen LogP contribution in [-0.2, 0) is 21.9 Å². The molecule has 5 aliphatic rings. The Balaban J connectivity index is 0.842. The van der Waals surface area contributed by atoms with Crippen molar-refractivity contribution in [2.24, 2.45) is 16.7 Å². The molecule has 0 radical (unpaired) electrons. The van der Waals surface area contributed by atoms with E-state index in [4.69, 9.17) is 0 Å². The fraction of sp³-hybridized carbons (Fsp3) is 0.680. The van der Waals surface area contributed by atoms with Gasteiger partial charge < -0.3 is 9.80 Å². The zero-order valence-electron chi connectivity index (χ0n) is 21.0. The first-order valence-corrected chi connectivity index (χ1v) is 14.7. The highest BCUT2D eigenvalue weighted by atomic mass is 32.2. The van der Waals surface area contributed by atoms with Crippen LogP contribution in [0.4, 0.5) is 22.4 Å². The summed E-state index contributed by atoms with van der Waals surface area (Å²) >= 11 is 0. The molecule has 2 amide bonds. The second-order valence-electron chi connectivity index (χ2n) is 12.5. The molecule has 0 aromatic carbocycles. The Morgan fingerprint density at radius 1 is 1.03 bits per heavy atom. The number of pyridine rings is 1. The largest absolute Gasteiger partial charge is 0.501 e. The van der Waals surface area contributed by atoms with Crippen LogP contribution in [0.5, 0.6) is 0 Å². The van der Waals surface area contributed by atoms with Gasteiger partial charge in [-0.3, -0.25) is 10.1 Å². The van der Waals surface area contributed by atoms with Gasteiger partial charge >= 0.3 is 11.5 Å². The van der Waals surface area contributed by atoms with Crippen LogP contribution in [0.1, 0.15) is 61.8 Å². The Bertz CT molecular complexity index is 1410. The minimum Gasteiger partial charge on any atom is -0.323 e. The molecule has 2 saturated heterocycles. The molecule has 0 bridgehead atoms. The number of rotatable bonds is 5. The van der Waals surface area contributed by atoms with Crippen molar-refractivity contribution in [3.05, 3.63) is 35.7 Å². The minimum absolute atomic E-state index is 0.0661. The number of nitrogens with zero attached hydrogens (tertiary/aromatic N) is 5. The number of aromatic amines is 1. The summed E-state index contributed by atoms with van der Waals surface area (Å²) in [6.07, 6.45) is 5.98. The van der Waals surface area contributed by atoms with Crippen LogP contribution >= 0.6 is 0 Å². The van der Waals surface area contributed by atoms with Crippen molar-refractivity contribution in [3.63, 3.8) is 0 Å². The molecule has 4 heterocycles. The van der Waals surface area contributed by atoms with E-state index in [1.54, 1.807) is 0 Å². The third-order valence-electron chi connectivity index (χ3n) is 9.34. The highest BCUT2D eigenvalue weighted by Crippen LogP contribution is 2.57. The summed E-state index contributed by atoms with van der Waals surface area (Å²) in [5, 5.41) is 6.97. The maximum Gasteiger partial charge on any atom is 0.501 e. The number of sulfone groups is 1. The Kier molecular flexibility index (Phi) is 5.12. The molecule has 2 aliphatic heterocycles. The van der Waals surface area contributed by atoms with Gasteiger partial charge in [-0.15, -0.1) is 0 Å². The summed E-state index contributed by atoms with van der Waals surface area (Å²) in [5.74, 6) is 1.58. The van der Waals surface area contributed by atoms with Gasteiger partial charge in [0.25, 0.3) is 9.84 Å². The summed E-state index contributed by atoms with van der Waals surface area (Å²) in [4.78, 5) is 24.2. The average molecular weight is 569 g/mol. The third-order valence-corrected chi connectivity index (χ3v) is 10.8. The molecule has 0 unspecified atom stereocenters. The maximum atomic E-state index is 14.2. The molecular formula is C25H28F4N6O3S. The maximum absolute atomic E-state index is 14.2. The van der Waals surface area contributed by atoms with E-state index in [9.17, 15) is 30.8 Å². The van der Waals surface area contributed by atoms with Gasteiger partial charge in [-0.1, -0.05) is 0 Å². The fourth-order valence-electron chi connectivity index (χ4n) is 7.11. The van der Waals surface area contributed by atoms with Crippen molar-refractivity contribution in [2.45, 2.75) is 66.9 Å². The molecule has 1 N–H and O–H groups in total. The molecule has 9 nitrogen and oxygen atoms in total. The molecule has 0 atom stereocenters. The molecule has 14 heteroatoms. The lowest BCUT2D eigenvalue weighted by Gasteiger charge is -2.63. The van der Waals surface area contributed by atoms with Crippen LogP contribution in [0.2, 0.25) is 0 Å². The van der Waals surface area contributed by atoms with Gasteiger partial charge in [-0.25, -0.2) is 22.6 Å². The van der Waals surface area contributed by atoms with Crippen molar-refractivity contribution in [1.82, 2.24) is 30.0 Å². The van der Waals surface area contributed by atoms with Gasteiger partial charge in [0.15, 0.2) is 11.5 Å². The number of nitrogens with one attached hydrogen (secondary N) is 1. The number of urea groups is 1. The topological polar surface area (TPSA) is 112 Å². The van der Waals surface area contributed by atoms with Gasteiger partial charge in [0.05, 0.1) is 4.90 Å². The predicted molar refractivity (Wildman–Crippen MR) is 128 cm³/mol. The Morgan fingerprint density at radius 3 is 2.18 bits per heavy atom. The van der Waals surface area contributed by atoms with Gasteiger partial charge in [0.2, 0.25) is 0 Å². The number of aromatic nitrogens is 4. The molecule has 2 aromatic rings. The zero-order chi connectivity index (χ0) is 27.4. The lowest BCUT2D eigenvalue weighted by molar-refractivity contribution is -0.100. The van der Waals surface area contributed by atoms with Crippen LogP contribution in [0.15, 0.2) is 23.2 Å². The third kappa shape index (κ3) is 4.03. The fourth-order valence-corrected chi connectivity index (χ4v) is 7.82. The molecule has 210 valence electrons. The highest BCUT2D eigenvalue weighted by molar-refractivity contribution is 7.92. The quantitative estimate of drug-likeness (QED) is 0.551. The van der Waals surface area contributed by atoms with Gasteiger partial charge in [0, 0.05) is 54.8 Å². The number of hydrogen-bond acceptors (Lipinski definition) is 6. The first-order valence-electron chi connectivity index (χ1n) is 13.2. The lowest BCUT2D eigenvalue weighted by atomic mass is 9.56. The summed E-state index contributed by atoms with van der Waals surface area (Å²) in [5.41, 5.74) is -5.89. The van der Waals surface area contributed by atoms with Gasteiger partial charge in [-0.05, 0) is 63.0 Å². The van der Waals surface area contributed by atoms with E-state index >= 15 is 0 Å². The summed E-state index contributed by atoms with van der Waals surface area (Å²) < 4.78 is 75.2. The number of carbonyl (C=O) groups is 1. The van der Waals surface area contributed by atoms with Crippen LogP contribution in [0.25, 0.3) is 0 Å². The van der Waals surface area contributed by atoms with E-state index in [2.05, 4.69) is 20.2 Å². The Morgan fingerprint density at radius 2 is 1.64 bits per heavy atom. The normalized spacial score (nSPS) is 25.1. The molecule has 7 rings (SSSR count). The van der Waals surface area contributed by atoms with Crippen molar-refractivity contribution >= 4 is 15.9 Å². The number of H-pyrrole nitrogens is 1. The van der Waals surface area contributed by atoms with E-state index < -0.39 is 25.9 Å². The van der Waals surface area contributed by atoms with E-state index in [-0.39, 0.29) is 28.6 Å². The average Bonchev–Trinajstić information content (AvgIpc) is 3.32. The van der Waals surface area contributed by atoms with E-state index in [0.717, 1.165) is 56.9 Å². The second kappa shape index (κ2) is 7.91. The molecule has 2 aromatic heterocycles. The van der Waals surface area contributed by atoms with E-state index in [0.29, 0.717) is 44.0 Å². The van der Waals surface area contributed by atoms with E-state index in [1.165, 1.54) is 6.07 Å². The zero-order valence-corrected chi connectivity index (χ0v) is 21.9. The van der Waals surface area contributed by atoms with Crippen LogP contribution in [0, 0.1) is 16.7 Å². The first-order chi connectivity index (χ1) is 18.3. The van der Waals surface area contributed by atoms with Crippen molar-refractivity contribution in [2.75, 3.05) is 26.2 Å². The first kappa shape index (κ1) is 25.2. The number of amides is 2. The smallest absolute Gasteiger partial charge is 0.323 e. The van der Waals surface area contributed by atoms with Crippen LogP contribution in [0.3, 0.4) is 0 Å². The number of likely N-dealkylation sites (tertiary alicyclic amines) is 2. The molecular weight excluding hydrogens is 540 g/mol. The molecule has 5 fully saturated rings. The molecule has 2 spiro atoms. The SMILES string of the molecule is O=C(N1CC2(CC(Cc3ccc(S(=O)(=O)C(F)(F)F)cn3)C2)C1)N1CC2(CC(c3nc(C4(F)CC4)n[nH]3)C2)C1. The number of alkyl halides is 4. The standard InChI is InChI=1S/C25H28F4N6O3S/c26-24(3-4-24)20-31-19(32-33-20)16-8-23(9-16)13-35(14-23)21(36)34-11-22(12-34)6-15(7-22)5-17-1-2-18(10-30-17)39(37,38)25(27,28)29/h1-2,10,15-16H,3-9,11-14H2,(H,31,32,33). The molecule has 3 aliphatic carbocycles. The van der Waals surface area contributed by atoms with Gasteiger partial charge in [-0.2, -0.15) is 18.3 Å². The lowest BCUT2D eigenvalue weighted by Crippen LogP contribution is -2.71. The van der Waals surface area contributed by atoms with Gasteiger partial charge in [0.1, 0.15) is 5.82 Å². The number of hydrogen-bond donors (Lipinski definition) is 1. The van der Waals surface area contributed by atoms with Crippen molar-refractivity contribution in [1.29, 1.82) is 0 Å². The van der Waals surface area contributed by atoms with Crippen LogP contribution in [-0.4, -0.2) is 76.1 Å². The monoisotopic (exact) mass is 568 g/mol. The Hall–Kier alpha value is -2.77. The highest BCUT2D eigenvalue weighted by Gasteiger charge is 2.59. The second-order valence-corrected chi connectivity index (χ2v) is 14.5. The predicted octanol–water partition coefficient (Wildman–Crippen LogP) is 3.71. The summed E-state index contributed by atoms with van der Waals surface area (Å²) in [6.45, 7) is 2.87. The number of halogens is 4. The minimum atomic E-state index is -5.39. The van der Waals surface area contributed by atoms with Crippen molar-refractivity contribution < 1.29 is 30.8 Å². The summed E-state index contributed by atoms with van der Waals surface area (Å²) in [7, 11) is -5.39. The Labute approximate surface area is 222 Å². The molecule has 39 heavy (non-hydrogen) atoms. The van der Waals surface area contributed by atoms with Crippen molar-refractivity contribution in [3.8, 4) is 0 Å². The number of carbonyl (C=O) groups excluding carboxylic acids is 1. The summed E-state index contributed by atoms with van der Waals surface area (Å²) in [6, 6.07) is 2.37. The van der Waals surface area contributed by atoms with Crippen LogP contribution < -0.4 is 0 Å². The molecule has 3 saturated carbocycles.